The summed E-state index contributed by atoms with van der Waals surface area (Å²) in [6.07, 6.45) is 0. The molecule has 0 fully saturated rings. The van der Waals surface area contributed by atoms with Crippen molar-refractivity contribution in [3.63, 3.8) is 0 Å². The van der Waals surface area contributed by atoms with Crippen LogP contribution in [0.15, 0.2) is 30.3 Å². The number of nitrogens with two attached hydrogens (primary N) is 1. The summed E-state index contributed by atoms with van der Waals surface area (Å²) >= 11 is 0. The monoisotopic (exact) mass is 329 g/mol. The van der Waals surface area contributed by atoms with Crippen molar-refractivity contribution < 1.29 is 19.5 Å². The number of fused-ring (bicyclic) bond motifs is 1. The van der Waals surface area contributed by atoms with E-state index in [1.807, 2.05) is 0 Å². The van der Waals surface area contributed by atoms with Gasteiger partial charge in [0.25, 0.3) is 5.91 Å². The smallest absolute Gasteiger partial charge is 0.338 e. The maximum atomic E-state index is 12.6. The SMILES string of the molecule is CC(C)C(C)(NC(=O)c1nc2ccccc2cc1C(=O)O)C(N)=O. The molecule has 2 rings (SSSR count). The molecule has 1 aromatic heterocycles. The average Bonchev–Trinajstić information content (AvgIpc) is 2.52. The molecule has 0 saturated heterocycles. The van der Waals surface area contributed by atoms with Crippen LogP contribution in [-0.2, 0) is 4.79 Å². The number of carboxylic acid groups (broad SMARTS) is 1. The average molecular weight is 329 g/mol. The topological polar surface area (TPSA) is 122 Å². The maximum Gasteiger partial charge on any atom is 0.338 e. The number of carbonyl (C=O) groups is 3. The first-order valence-corrected chi connectivity index (χ1v) is 7.42. The number of para-hydroxylation sites is 1. The second-order valence-corrected chi connectivity index (χ2v) is 6.06. The molecule has 0 bridgehead atoms. The minimum atomic E-state index is -1.32. The van der Waals surface area contributed by atoms with Gasteiger partial charge >= 0.3 is 5.97 Å². The van der Waals surface area contributed by atoms with Gasteiger partial charge in [-0.2, -0.15) is 0 Å². The van der Waals surface area contributed by atoms with Crippen LogP contribution < -0.4 is 11.1 Å². The Hall–Kier alpha value is -2.96. The summed E-state index contributed by atoms with van der Waals surface area (Å²) in [6.45, 7) is 4.97. The van der Waals surface area contributed by atoms with E-state index in [0.29, 0.717) is 10.9 Å². The van der Waals surface area contributed by atoms with Crippen molar-refractivity contribution >= 4 is 28.7 Å². The lowest BCUT2D eigenvalue weighted by atomic mass is 9.87. The van der Waals surface area contributed by atoms with Gasteiger partial charge in [0.1, 0.15) is 11.2 Å². The van der Waals surface area contributed by atoms with Gasteiger partial charge in [-0.1, -0.05) is 32.0 Å². The van der Waals surface area contributed by atoms with Gasteiger partial charge in [0, 0.05) is 5.39 Å². The van der Waals surface area contributed by atoms with Crippen LogP contribution in [0, 0.1) is 5.92 Å². The molecule has 1 aromatic carbocycles. The maximum absolute atomic E-state index is 12.6. The molecule has 7 heteroatoms. The number of aromatic nitrogens is 1. The van der Waals surface area contributed by atoms with Gasteiger partial charge in [-0.15, -0.1) is 0 Å². The third kappa shape index (κ3) is 3.05. The first-order chi connectivity index (χ1) is 11.2. The molecule has 126 valence electrons. The Morgan fingerprint density at radius 2 is 1.88 bits per heavy atom. The van der Waals surface area contributed by atoms with Crippen molar-refractivity contribution in [2.75, 3.05) is 0 Å². The summed E-state index contributed by atoms with van der Waals surface area (Å²) in [6, 6.07) is 8.25. The molecule has 1 unspecified atom stereocenters. The van der Waals surface area contributed by atoms with Crippen LogP contribution in [0.2, 0.25) is 0 Å². The second-order valence-electron chi connectivity index (χ2n) is 6.06. The molecule has 1 atom stereocenters. The molecule has 1 heterocycles. The first-order valence-electron chi connectivity index (χ1n) is 7.42. The highest BCUT2D eigenvalue weighted by atomic mass is 16.4. The third-order valence-corrected chi connectivity index (χ3v) is 4.21. The Kier molecular flexibility index (Phi) is 4.54. The summed E-state index contributed by atoms with van der Waals surface area (Å²) < 4.78 is 0. The van der Waals surface area contributed by atoms with Gasteiger partial charge in [-0.05, 0) is 25.0 Å². The van der Waals surface area contributed by atoms with Gasteiger partial charge in [0.15, 0.2) is 0 Å². The normalized spacial score (nSPS) is 13.5. The van der Waals surface area contributed by atoms with E-state index < -0.39 is 23.3 Å². The van der Waals surface area contributed by atoms with Crippen molar-refractivity contribution in [2.45, 2.75) is 26.3 Å². The Bertz CT molecular complexity index is 832. The van der Waals surface area contributed by atoms with Crippen LogP contribution >= 0.6 is 0 Å². The number of carboxylic acids is 1. The summed E-state index contributed by atoms with van der Waals surface area (Å²) in [5.74, 6) is -3.02. The van der Waals surface area contributed by atoms with Crippen molar-refractivity contribution in [2.24, 2.45) is 11.7 Å². The van der Waals surface area contributed by atoms with E-state index in [0.717, 1.165) is 0 Å². The first kappa shape index (κ1) is 17.4. The molecular formula is C17H19N3O4. The van der Waals surface area contributed by atoms with E-state index in [2.05, 4.69) is 10.3 Å². The fourth-order valence-electron chi connectivity index (χ4n) is 2.24. The second kappa shape index (κ2) is 6.27. The summed E-state index contributed by atoms with van der Waals surface area (Å²) in [5.41, 5.74) is 4.07. The van der Waals surface area contributed by atoms with Gasteiger partial charge < -0.3 is 16.2 Å². The highest BCUT2D eigenvalue weighted by Gasteiger charge is 2.37. The molecule has 0 saturated carbocycles. The number of hydrogen-bond acceptors (Lipinski definition) is 4. The van der Waals surface area contributed by atoms with E-state index in [1.54, 1.807) is 38.1 Å². The zero-order chi connectivity index (χ0) is 18.1. The third-order valence-electron chi connectivity index (χ3n) is 4.21. The number of primary amides is 1. The molecule has 0 aliphatic rings. The van der Waals surface area contributed by atoms with Crippen molar-refractivity contribution in [1.29, 1.82) is 0 Å². The van der Waals surface area contributed by atoms with Crippen molar-refractivity contribution in [3.8, 4) is 0 Å². The van der Waals surface area contributed by atoms with Gasteiger partial charge in [0.05, 0.1) is 11.1 Å². The number of benzene rings is 1. The molecule has 2 amide bonds. The molecule has 24 heavy (non-hydrogen) atoms. The minimum Gasteiger partial charge on any atom is -0.478 e. The minimum absolute atomic E-state index is 0.234. The summed E-state index contributed by atoms with van der Waals surface area (Å²) in [5, 5.41) is 12.5. The molecule has 7 nitrogen and oxygen atoms in total. The van der Waals surface area contributed by atoms with Crippen LogP contribution in [-0.4, -0.2) is 33.4 Å². The van der Waals surface area contributed by atoms with Gasteiger partial charge in [0.2, 0.25) is 5.91 Å². The standard InChI is InChI=1S/C17H19N3O4/c1-9(2)17(3,16(18)24)20-14(21)13-11(15(22)23)8-10-6-4-5-7-12(10)19-13/h4-9H,1-3H3,(H2,18,24)(H,20,21)(H,22,23). The fraction of sp³-hybridized carbons (Fsp3) is 0.294. The number of hydrogen-bond donors (Lipinski definition) is 3. The Balaban J connectivity index is 2.54. The van der Waals surface area contributed by atoms with E-state index in [9.17, 15) is 19.5 Å². The van der Waals surface area contributed by atoms with Crippen LogP contribution in [0.25, 0.3) is 10.9 Å². The molecule has 0 aliphatic heterocycles. The Morgan fingerprint density at radius 1 is 1.25 bits per heavy atom. The number of pyridine rings is 1. The number of rotatable bonds is 5. The number of carbonyl (C=O) groups excluding carboxylic acids is 2. The van der Waals surface area contributed by atoms with Gasteiger partial charge in [-0.25, -0.2) is 9.78 Å². The van der Waals surface area contributed by atoms with Crippen LogP contribution in [0.1, 0.15) is 41.6 Å². The fourth-order valence-corrected chi connectivity index (χ4v) is 2.24. The lowest BCUT2D eigenvalue weighted by Gasteiger charge is -2.31. The van der Waals surface area contributed by atoms with Crippen LogP contribution in [0.5, 0.6) is 0 Å². The molecule has 2 aromatic rings. The van der Waals surface area contributed by atoms with Crippen LogP contribution in [0.4, 0.5) is 0 Å². The quantitative estimate of drug-likeness (QED) is 0.768. The van der Waals surface area contributed by atoms with E-state index in [1.165, 1.54) is 13.0 Å². The molecule has 4 N–H and O–H groups in total. The molecule has 0 spiro atoms. The highest BCUT2D eigenvalue weighted by molar-refractivity contribution is 6.07. The van der Waals surface area contributed by atoms with Gasteiger partial charge in [-0.3, -0.25) is 9.59 Å². The van der Waals surface area contributed by atoms with E-state index in [-0.39, 0.29) is 17.2 Å². The number of aromatic carboxylic acids is 1. The van der Waals surface area contributed by atoms with E-state index in [4.69, 9.17) is 5.73 Å². The largest absolute Gasteiger partial charge is 0.478 e. The Morgan fingerprint density at radius 3 is 2.42 bits per heavy atom. The summed E-state index contributed by atoms with van der Waals surface area (Å²) in [7, 11) is 0. The Labute approximate surface area is 138 Å². The highest BCUT2D eigenvalue weighted by Crippen LogP contribution is 2.20. The lowest BCUT2D eigenvalue weighted by Crippen LogP contribution is -2.58. The van der Waals surface area contributed by atoms with E-state index >= 15 is 0 Å². The zero-order valence-electron chi connectivity index (χ0n) is 13.7. The molecule has 0 aliphatic carbocycles. The van der Waals surface area contributed by atoms with Crippen molar-refractivity contribution in [3.05, 3.63) is 41.6 Å². The predicted octanol–water partition coefficient (Wildman–Crippen LogP) is 1.56. The predicted molar refractivity (Wildman–Crippen MR) is 88.6 cm³/mol. The number of amides is 2. The zero-order valence-corrected chi connectivity index (χ0v) is 13.7. The molecular weight excluding hydrogens is 310 g/mol. The number of nitrogens with zero attached hydrogens (tertiary/aromatic N) is 1. The molecule has 0 radical (unpaired) electrons. The lowest BCUT2D eigenvalue weighted by molar-refractivity contribution is -0.125. The number of nitrogens with one attached hydrogen (secondary N) is 1. The summed E-state index contributed by atoms with van der Waals surface area (Å²) in [4.78, 5) is 40.0. The van der Waals surface area contributed by atoms with Crippen molar-refractivity contribution in [1.82, 2.24) is 10.3 Å². The van der Waals surface area contributed by atoms with Crippen LogP contribution in [0.3, 0.4) is 0 Å².